The third-order valence-corrected chi connectivity index (χ3v) is 5.43. The Kier molecular flexibility index (Phi) is 9.51. The molecule has 0 spiro atoms. The van der Waals surface area contributed by atoms with Crippen molar-refractivity contribution in [2.24, 2.45) is 11.3 Å². The quantitative estimate of drug-likeness (QED) is 0.297. The van der Waals surface area contributed by atoms with Gasteiger partial charge in [0, 0.05) is 12.7 Å². The van der Waals surface area contributed by atoms with Gasteiger partial charge >= 0.3 is 5.97 Å². The van der Waals surface area contributed by atoms with Crippen molar-refractivity contribution in [1.29, 1.82) is 0 Å². The van der Waals surface area contributed by atoms with Gasteiger partial charge in [0.25, 0.3) is 0 Å². The van der Waals surface area contributed by atoms with Crippen LogP contribution in [0.15, 0.2) is 58.7 Å². The number of hydrogen-bond acceptors (Lipinski definition) is 2. The maximum Gasteiger partial charge on any atom is 0.328 e. The van der Waals surface area contributed by atoms with Crippen LogP contribution < -0.4 is 0 Å². The zero-order valence-corrected chi connectivity index (χ0v) is 17.6. The smallest absolute Gasteiger partial charge is 0.328 e. The van der Waals surface area contributed by atoms with Gasteiger partial charge in [0.15, 0.2) is 0 Å². The summed E-state index contributed by atoms with van der Waals surface area (Å²) in [6.07, 6.45) is 16.9. The number of allylic oxidation sites excluding steroid dienone is 9. The molecule has 0 aromatic heterocycles. The molecule has 27 heavy (non-hydrogen) atoms. The van der Waals surface area contributed by atoms with E-state index in [-0.39, 0.29) is 12.0 Å². The van der Waals surface area contributed by atoms with E-state index < -0.39 is 5.97 Å². The van der Waals surface area contributed by atoms with Crippen LogP contribution in [0.4, 0.5) is 0 Å². The van der Waals surface area contributed by atoms with Gasteiger partial charge < -0.3 is 10.2 Å². The summed E-state index contributed by atoms with van der Waals surface area (Å²) in [5.41, 5.74) is 4.96. The molecule has 1 aliphatic rings. The second-order valence-electron chi connectivity index (χ2n) is 8.27. The molecule has 1 rings (SSSR count). The Morgan fingerprint density at radius 1 is 1.19 bits per heavy atom. The van der Waals surface area contributed by atoms with E-state index in [1.807, 2.05) is 12.2 Å². The third kappa shape index (κ3) is 8.13. The fourth-order valence-electron chi connectivity index (χ4n) is 3.73. The molecule has 1 aliphatic carbocycles. The Morgan fingerprint density at radius 3 is 2.52 bits per heavy atom. The summed E-state index contributed by atoms with van der Waals surface area (Å²) in [4.78, 5) is 10.6. The van der Waals surface area contributed by atoms with Gasteiger partial charge in [-0.25, -0.2) is 4.79 Å². The number of aliphatic carboxylic acids is 1. The highest BCUT2D eigenvalue weighted by Gasteiger charge is 2.31. The van der Waals surface area contributed by atoms with E-state index >= 15 is 0 Å². The van der Waals surface area contributed by atoms with E-state index in [2.05, 4.69) is 39.8 Å². The van der Waals surface area contributed by atoms with Gasteiger partial charge in [-0.05, 0) is 68.9 Å². The zero-order chi connectivity index (χ0) is 20.4. The van der Waals surface area contributed by atoms with Crippen molar-refractivity contribution in [3.05, 3.63) is 58.7 Å². The molecule has 1 unspecified atom stereocenters. The van der Waals surface area contributed by atoms with E-state index in [1.54, 1.807) is 13.0 Å². The molecule has 0 aromatic carbocycles. The van der Waals surface area contributed by atoms with Crippen LogP contribution in [0, 0.1) is 11.3 Å². The summed E-state index contributed by atoms with van der Waals surface area (Å²) >= 11 is 0. The summed E-state index contributed by atoms with van der Waals surface area (Å²) in [5, 5.41) is 17.8. The van der Waals surface area contributed by atoms with Crippen LogP contribution in [0.2, 0.25) is 0 Å². The molecule has 2 N–H and O–H groups in total. The minimum atomic E-state index is -0.923. The highest BCUT2D eigenvalue weighted by Crippen LogP contribution is 2.44. The number of aliphatic hydroxyl groups is 1. The van der Waals surface area contributed by atoms with Crippen LogP contribution in [-0.2, 0) is 4.79 Å². The lowest BCUT2D eigenvalue weighted by molar-refractivity contribution is -0.131. The Balaban J connectivity index is 2.90. The number of hydrogen-bond donors (Lipinski definition) is 2. The van der Waals surface area contributed by atoms with Gasteiger partial charge in [0.05, 0.1) is 0 Å². The molecule has 3 heteroatoms. The molecular weight excluding hydrogens is 336 g/mol. The van der Waals surface area contributed by atoms with Crippen molar-refractivity contribution in [2.45, 2.75) is 66.7 Å². The zero-order valence-electron chi connectivity index (χ0n) is 17.6. The fraction of sp³-hybridized carbons (Fsp3) is 0.542. The largest absolute Gasteiger partial charge is 0.478 e. The Labute approximate surface area is 164 Å². The van der Waals surface area contributed by atoms with Crippen LogP contribution in [0.1, 0.15) is 66.7 Å². The van der Waals surface area contributed by atoms with Crippen LogP contribution in [-0.4, -0.2) is 22.8 Å². The van der Waals surface area contributed by atoms with Gasteiger partial charge in [-0.3, -0.25) is 0 Å². The number of unbranched alkanes of at least 4 members (excludes halogenated alkanes) is 1. The van der Waals surface area contributed by atoms with E-state index in [9.17, 15) is 4.79 Å². The highest BCUT2D eigenvalue weighted by molar-refractivity contribution is 5.81. The average molecular weight is 373 g/mol. The second kappa shape index (κ2) is 11.1. The minimum absolute atomic E-state index is 0.186. The van der Waals surface area contributed by atoms with Crippen molar-refractivity contribution in [3.8, 4) is 0 Å². The molecular formula is C24H36O3. The van der Waals surface area contributed by atoms with Gasteiger partial charge in [0.2, 0.25) is 0 Å². The summed E-state index contributed by atoms with van der Waals surface area (Å²) in [7, 11) is 0. The number of aliphatic hydroxyl groups excluding tert-OH is 1. The molecule has 0 saturated carbocycles. The molecule has 0 fully saturated rings. The highest BCUT2D eigenvalue weighted by atomic mass is 16.4. The van der Waals surface area contributed by atoms with Gasteiger partial charge in [-0.1, -0.05) is 61.8 Å². The number of carbonyl (C=O) groups is 1. The van der Waals surface area contributed by atoms with Gasteiger partial charge in [-0.2, -0.15) is 0 Å². The van der Waals surface area contributed by atoms with E-state index in [1.165, 1.54) is 30.1 Å². The maximum atomic E-state index is 10.6. The van der Waals surface area contributed by atoms with Crippen LogP contribution in [0.5, 0.6) is 0 Å². The van der Waals surface area contributed by atoms with Crippen LogP contribution in [0.3, 0.4) is 0 Å². The van der Waals surface area contributed by atoms with Crippen LogP contribution in [0.25, 0.3) is 0 Å². The first-order valence-electron chi connectivity index (χ1n) is 9.93. The summed E-state index contributed by atoms with van der Waals surface area (Å²) in [6, 6.07) is 0. The molecule has 0 aromatic rings. The molecule has 0 saturated heterocycles. The summed E-state index contributed by atoms with van der Waals surface area (Å²) < 4.78 is 0. The Morgan fingerprint density at radius 2 is 1.89 bits per heavy atom. The summed E-state index contributed by atoms with van der Waals surface area (Å²) in [5.74, 6) is -0.301. The van der Waals surface area contributed by atoms with E-state index in [0.29, 0.717) is 11.5 Å². The average Bonchev–Trinajstić information content (AvgIpc) is 2.56. The monoisotopic (exact) mass is 372 g/mol. The minimum Gasteiger partial charge on any atom is -0.478 e. The number of rotatable bonds is 9. The fourth-order valence-corrected chi connectivity index (χ4v) is 3.73. The SMILES string of the molecule is CC(C=CC1=C(C)C(CCCCO)CCC1(C)C)=CC=CC(C)=CC(=O)O. The lowest BCUT2D eigenvalue weighted by atomic mass is 9.68. The van der Waals surface area contributed by atoms with E-state index in [0.717, 1.165) is 24.8 Å². The van der Waals surface area contributed by atoms with Crippen molar-refractivity contribution in [3.63, 3.8) is 0 Å². The Bertz CT molecular complexity index is 657. The maximum absolute atomic E-state index is 10.6. The molecule has 0 aliphatic heterocycles. The van der Waals surface area contributed by atoms with Crippen molar-refractivity contribution in [2.75, 3.05) is 6.61 Å². The molecule has 3 nitrogen and oxygen atoms in total. The third-order valence-electron chi connectivity index (χ3n) is 5.43. The number of carboxylic acids is 1. The first kappa shape index (κ1) is 23.2. The molecule has 0 amide bonds. The van der Waals surface area contributed by atoms with Crippen molar-refractivity contribution >= 4 is 5.97 Å². The predicted octanol–water partition coefficient (Wildman–Crippen LogP) is 5.99. The normalized spacial score (nSPS) is 21.5. The Hall–Kier alpha value is -1.87. The van der Waals surface area contributed by atoms with E-state index in [4.69, 9.17) is 10.2 Å². The topological polar surface area (TPSA) is 57.5 Å². The predicted molar refractivity (Wildman–Crippen MR) is 114 cm³/mol. The first-order valence-corrected chi connectivity index (χ1v) is 9.93. The lowest BCUT2D eigenvalue weighted by Gasteiger charge is -2.37. The molecule has 0 heterocycles. The molecule has 0 radical (unpaired) electrons. The number of carboxylic acid groups (broad SMARTS) is 1. The van der Waals surface area contributed by atoms with Crippen LogP contribution >= 0.6 is 0 Å². The standard InChI is InChI=1S/C24H36O3/c1-18(9-8-10-19(2)17-23(26)27)12-13-22-20(3)21(11-6-7-16-25)14-15-24(22,4)5/h8-10,12-13,17,21,25H,6-7,11,14-16H2,1-5H3,(H,26,27). The van der Waals surface area contributed by atoms with Gasteiger partial charge in [0.1, 0.15) is 0 Å². The van der Waals surface area contributed by atoms with Gasteiger partial charge in [-0.15, -0.1) is 0 Å². The van der Waals surface area contributed by atoms with Crippen molar-refractivity contribution < 1.29 is 15.0 Å². The molecule has 1 atom stereocenters. The molecule has 0 bridgehead atoms. The molecule has 150 valence electrons. The van der Waals surface area contributed by atoms with Crippen molar-refractivity contribution in [1.82, 2.24) is 0 Å². The second-order valence-corrected chi connectivity index (χ2v) is 8.27. The summed E-state index contributed by atoms with van der Waals surface area (Å²) in [6.45, 7) is 11.0. The lowest BCUT2D eigenvalue weighted by Crippen LogP contribution is -2.24. The first-order chi connectivity index (χ1) is 12.7.